The van der Waals surface area contributed by atoms with Gasteiger partial charge < -0.3 is 10.4 Å². The van der Waals surface area contributed by atoms with Gasteiger partial charge in [0.2, 0.25) is 0 Å². The largest absolute Gasteiger partial charge is 0.384 e. The van der Waals surface area contributed by atoms with Gasteiger partial charge in [-0.1, -0.05) is 39.0 Å². The van der Waals surface area contributed by atoms with Gasteiger partial charge in [-0.05, 0) is 48.4 Å². The third-order valence-electron chi connectivity index (χ3n) is 3.97. The van der Waals surface area contributed by atoms with E-state index in [-0.39, 0.29) is 5.41 Å². The minimum absolute atomic E-state index is 0.126. The van der Waals surface area contributed by atoms with Gasteiger partial charge in [0.05, 0.1) is 0 Å². The van der Waals surface area contributed by atoms with Crippen molar-refractivity contribution in [3.05, 3.63) is 34.9 Å². The van der Waals surface area contributed by atoms with E-state index in [2.05, 4.69) is 51.2 Å². The van der Waals surface area contributed by atoms with E-state index in [1.165, 1.54) is 11.1 Å². The molecule has 2 N–H and O–H groups in total. The van der Waals surface area contributed by atoms with E-state index in [9.17, 15) is 5.11 Å². The minimum Gasteiger partial charge on any atom is -0.384 e. The number of nitrogens with one attached hydrogen (secondary N) is 1. The highest BCUT2D eigenvalue weighted by Gasteiger charge is 2.33. The van der Waals surface area contributed by atoms with Crippen molar-refractivity contribution in [2.75, 3.05) is 13.1 Å². The Hall–Kier alpha value is -0.860. The Kier molecular flexibility index (Phi) is 3.52. The molecule has 1 aliphatic rings. The molecule has 1 atom stereocenters. The maximum atomic E-state index is 10.9. The minimum atomic E-state index is -0.691. The van der Waals surface area contributed by atoms with Crippen LogP contribution in [-0.2, 0) is 11.0 Å². The van der Waals surface area contributed by atoms with Crippen molar-refractivity contribution < 1.29 is 5.11 Å². The number of hydrogen-bond acceptors (Lipinski definition) is 2. The number of β-amino-alcohol motifs (C(OH)–C–C–N with tert-alkyl or cyclic N) is 1. The molecule has 1 aliphatic heterocycles. The summed E-state index contributed by atoms with van der Waals surface area (Å²) in [5.74, 6) is 0. The van der Waals surface area contributed by atoms with Gasteiger partial charge in [-0.15, -0.1) is 0 Å². The van der Waals surface area contributed by atoms with Crippen LogP contribution >= 0.6 is 0 Å². The van der Waals surface area contributed by atoms with Crippen molar-refractivity contribution >= 4 is 0 Å². The Bertz CT molecular complexity index is 425. The van der Waals surface area contributed by atoms with Gasteiger partial charge in [-0.2, -0.15) is 0 Å². The van der Waals surface area contributed by atoms with E-state index in [4.69, 9.17) is 0 Å². The van der Waals surface area contributed by atoms with Crippen LogP contribution in [0.2, 0.25) is 0 Å². The molecular formula is C16H25NO. The smallest absolute Gasteiger partial charge is 0.102 e. The lowest BCUT2D eigenvalue weighted by atomic mass is 9.79. The molecule has 0 amide bonds. The molecule has 1 aromatic rings. The summed E-state index contributed by atoms with van der Waals surface area (Å²) in [5.41, 5.74) is 3.02. The number of rotatable bonds is 1. The summed E-state index contributed by atoms with van der Waals surface area (Å²) < 4.78 is 0. The highest BCUT2D eigenvalue weighted by Crippen LogP contribution is 2.34. The topological polar surface area (TPSA) is 32.3 Å². The Labute approximate surface area is 110 Å². The van der Waals surface area contributed by atoms with Crippen molar-refractivity contribution in [2.24, 2.45) is 0 Å². The Morgan fingerprint density at radius 1 is 1.28 bits per heavy atom. The van der Waals surface area contributed by atoms with Crippen molar-refractivity contribution in [3.63, 3.8) is 0 Å². The van der Waals surface area contributed by atoms with Crippen LogP contribution in [0, 0.1) is 6.92 Å². The normalized spacial score (nSPS) is 25.2. The molecule has 2 heteroatoms. The van der Waals surface area contributed by atoms with Crippen LogP contribution in [0.25, 0.3) is 0 Å². The number of aliphatic hydroxyl groups is 1. The summed E-state index contributed by atoms with van der Waals surface area (Å²) in [6.45, 7) is 10.4. The van der Waals surface area contributed by atoms with Gasteiger partial charge in [0.25, 0.3) is 0 Å². The first kappa shape index (κ1) is 13.6. The molecule has 0 aliphatic carbocycles. The molecule has 1 saturated heterocycles. The third-order valence-corrected chi connectivity index (χ3v) is 3.97. The fourth-order valence-corrected chi connectivity index (χ4v) is 2.71. The zero-order valence-corrected chi connectivity index (χ0v) is 12.0. The summed E-state index contributed by atoms with van der Waals surface area (Å²) in [4.78, 5) is 0. The van der Waals surface area contributed by atoms with Gasteiger partial charge in [-0.25, -0.2) is 0 Å². The summed E-state index contributed by atoms with van der Waals surface area (Å²) >= 11 is 0. The number of hydrogen-bond donors (Lipinski definition) is 2. The maximum absolute atomic E-state index is 10.9. The van der Waals surface area contributed by atoms with Gasteiger partial charge in [0.1, 0.15) is 5.60 Å². The zero-order valence-electron chi connectivity index (χ0n) is 12.0. The fourth-order valence-electron chi connectivity index (χ4n) is 2.71. The summed E-state index contributed by atoms with van der Waals surface area (Å²) in [6, 6.07) is 6.52. The van der Waals surface area contributed by atoms with Crippen molar-refractivity contribution in [3.8, 4) is 0 Å². The molecule has 0 saturated carbocycles. The van der Waals surface area contributed by atoms with E-state index in [1.54, 1.807) is 0 Å². The molecule has 2 rings (SSSR count). The van der Waals surface area contributed by atoms with Gasteiger partial charge in [-0.3, -0.25) is 0 Å². The van der Waals surface area contributed by atoms with Gasteiger partial charge in [0.15, 0.2) is 0 Å². The van der Waals surface area contributed by atoms with Crippen molar-refractivity contribution in [1.29, 1.82) is 0 Å². The van der Waals surface area contributed by atoms with Crippen molar-refractivity contribution in [2.45, 2.75) is 51.6 Å². The second-order valence-corrected chi connectivity index (χ2v) is 6.59. The van der Waals surface area contributed by atoms with Crippen LogP contribution in [0.4, 0.5) is 0 Å². The summed E-state index contributed by atoms with van der Waals surface area (Å²) in [6.07, 6.45) is 1.89. The molecular weight excluding hydrogens is 222 g/mol. The molecule has 1 unspecified atom stereocenters. The summed E-state index contributed by atoms with van der Waals surface area (Å²) in [7, 11) is 0. The molecule has 1 aromatic carbocycles. The lowest BCUT2D eigenvalue weighted by Crippen LogP contribution is -2.43. The van der Waals surface area contributed by atoms with Crippen LogP contribution in [0.5, 0.6) is 0 Å². The Morgan fingerprint density at radius 3 is 2.56 bits per heavy atom. The van der Waals surface area contributed by atoms with E-state index in [1.807, 2.05) is 0 Å². The van der Waals surface area contributed by atoms with Crippen LogP contribution in [0.3, 0.4) is 0 Å². The monoisotopic (exact) mass is 247 g/mol. The molecule has 2 nitrogen and oxygen atoms in total. The van der Waals surface area contributed by atoms with Gasteiger partial charge in [0, 0.05) is 6.54 Å². The van der Waals surface area contributed by atoms with E-state index >= 15 is 0 Å². The fraction of sp³-hybridized carbons (Fsp3) is 0.625. The maximum Gasteiger partial charge on any atom is 0.102 e. The van der Waals surface area contributed by atoms with E-state index in [0.29, 0.717) is 6.54 Å². The van der Waals surface area contributed by atoms with Crippen LogP contribution < -0.4 is 5.32 Å². The van der Waals surface area contributed by atoms with Gasteiger partial charge >= 0.3 is 0 Å². The SMILES string of the molecule is Cc1ccc(C(C)(C)C)cc1C1(O)CCCNC1. The molecule has 0 aromatic heterocycles. The highest BCUT2D eigenvalue weighted by atomic mass is 16.3. The predicted molar refractivity (Wildman–Crippen MR) is 75.9 cm³/mol. The summed E-state index contributed by atoms with van der Waals surface area (Å²) in [5, 5.41) is 14.2. The Balaban J connectivity index is 2.43. The highest BCUT2D eigenvalue weighted by molar-refractivity contribution is 5.38. The number of benzene rings is 1. The first-order chi connectivity index (χ1) is 8.33. The zero-order chi connectivity index (χ0) is 13.4. The first-order valence-electron chi connectivity index (χ1n) is 6.88. The van der Waals surface area contributed by atoms with E-state index < -0.39 is 5.60 Å². The standard InChI is InChI=1S/C16H25NO/c1-12-6-7-13(15(2,3)4)10-14(12)16(18)8-5-9-17-11-16/h6-7,10,17-18H,5,8-9,11H2,1-4H3. The third kappa shape index (κ3) is 2.60. The molecule has 0 bridgehead atoms. The average molecular weight is 247 g/mol. The number of piperidine rings is 1. The second kappa shape index (κ2) is 4.67. The van der Waals surface area contributed by atoms with Crippen LogP contribution in [0.15, 0.2) is 18.2 Å². The molecule has 100 valence electrons. The molecule has 18 heavy (non-hydrogen) atoms. The van der Waals surface area contributed by atoms with Crippen molar-refractivity contribution in [1.82, 2.24) is 5.32 Å². The molecule has 1 fully saturated rings. The molecule has 1 heterocycles. The first-order valence-corrected chi connectivity index (χ1v) is 6.88. The molecule has 0 spiro atoms. The van der Waals surface area contributed by atoms with Crippen LogP contribution in [-0.4, -0.2) is 18.2 Å². The van der Waals surface area contributed by atoms with Crippen LogP contribution in [0.1, 0.15) is 50.3 Å². The molecule has 0 radical (unpaired) electrons. The second-order valence-electron chi connectivity index (χ2n) is 6.59. The quantitative estimate of drug-likeness (QED) is 0.800. The average Bonchev–Trinajstić information content (AvgIpc) is 2.28. The lowest BCUT2D eigenvalue weighted by Gasteiger charge is -2.35. The Morgan fingerprint density at radius 2 is 2.00 bits per heavy atom. The number of aryl methyl sites for hydroxylation is 1. The van der Waals surface area contributed by atoms with E-state index in [0.717, 1.165) is 24.9 Å². The predicted octanol–water partition coefficient (Wildman–Crippen LogP) is 2.86. The lowest BCUT2D eigenvalue weighted by molar-refractivity contribution is 0.0116.